The van der Waals surface area contributed by atoms with E-state index in [0.717, 1.165) is 25.1 Å². The third kappa shape index (κ3) is 3.11. The molecule has 0 bridgehead atoms. The molecule has 1 N–H and O–H groups in total. The number of hydrogen-bond donors (Lipinski definition) is 1. The summed E-state index contributed by atoms with van der Waals surface area (Å²) in [7, 11) is 0. The highest BCUT2D eigenvalue weighted by atomic mass is 16.5. The molecule has 2 aliphatic heterocycles. The summed E-state index contributed by atoms with van der Waals surface area (Å²) in [5.74, 6) is 0.489. The highest BCUT2D eigenvalue weighted by molar-refractivity contribution is 5.92. The Kier molecular flexibility index (Phi) is 3.95. The number of morpholine rings is 1. The topological polar surface area (TPSA) is 100 Å². The highest BCUT2D eigenvalue weighted by Gasteiger charge is 2.43. The molecule has 0 saturated carbocycles. The number of anilines is 1. The summed E-state index contributed by atoms with van der Waals surface area (Å²) in [5.41, 5.74) is 0.927. The molecule has 1 spiro atoms. The molecule has 4 rings (SSSR count). The first-order valence-corrected chi connectivity index (χ1v) is 8.55. The van der Waals surface area contributed by atoms with Gasteiger partial charge in [0, 0.05) is 25.7 Å². The number of piperidine rings is 1. The molecule has 2 aromatic rings. The van der Waals surface area contributed by atoms with E-state index in [0.29, 0.717) is 43.8 Å². The van der Waals surface area contributed by atoms with Crippen molar-refractivity contribution in [3.8, 4) is 0 Å². The average Bonchev–Trinajstić information content (AvgIpc) is 3.23. The van der Waals surface area contributed by atoms with Gasteiger partial charge in [-0.05, 0) is 25.8 Å². The third-order valence-corrected chi connectivity index (χ3v) is 4.79. The number of aromatic nitrogens is 4. The van der Waals surface area contributed by atoms with Crippen LogP contribution in [0.4, 0.5) is 6.01 Å². The van der Waals surface area contributed by atoms with E-state index in [2.05, 4.69) is 25.3 Å². The van der Waals surface area contributed by atoms with Crippen molar-refractivity contribution in [1.82, 2.24) is 25.3 Å². The van der Waals surface area contributed by atoms with Gasteiger partial charge in [-0.25, -0.2) is 0 Å². The number of nitrogens with zero attached hydrogens (tertiary/aromatic N) is 5. The Labute approximate surface area is 145 Å². The van der Waals surface area contributed by atoms with Gasteiger partial charge >= 0.3 is 6.01 Å². The second kappa shape index (κ2) is 6.14. The van der Waals surface area contributed by atoms with Crippen LogP contribution < -0.4 is 4.90 Å². The Balaban J connectivity index is 1.50. The zero-order valence-corrected chi connectivity index (χ0v) is 14.5. The quantitative estimate of drug-likeness (QED) is 0.863. The van der Waals surface area contributed by atoms with Gasteiger partial charge in [0.25, 0.3) is 5.91 Å². The van der Waals surface area contributed by atoms with Crippen LogP contribution in [-0.4, -0.2) is 69.6 Å². The number of ether oxygens (including phenoxy) is 1. The van der Waals surface area contributed by atoms with E-state index in [1.807, 2.05) is 11.8 Å². The summed E-state index contributed by atoms with van der Waals surface area (Å²) in [6, 6.07) is 2.30. The molecule has 0 unspecified atom stereocenters. The van der Waals surface area contributed by atoms with Crippen molar-refractivity contribution in [1.29, 1.82) is 0 Å². The molecule has 0 aromatic carbocycles. The van der Waals surface area contributed by atoms with Crippen molar-refractivity contribution in [2.75, 3.05) is 37.7 Å². The van der Waals surface area contributed by atoms with Crippen molar-refractivity contribution in [2.24, 2.45) is 0 Å². The summed E-state index contributed by atoms with van der Waals surface area (Å²) >= 11 is 0. The maximum atomic E-state index is 12.7. The maximum absolute atomic E-state index is 12.7. The van der Waals surface area contributed by atoms with Gasteiger partial charge < -0.3 is 19.0 Å². The van der Waals surface area contributed by atoms with E-state index in [9.17, 15) is 4.79 Å². The fourth-order valence-electron chi connectivity index (χ4n) is 3.63. The van der Waals surface area contributed by atoms with Gasteiger partial charge in [-0.15, -0.1) is 5.10 Å². The van der Waals surface area contributed by atoms with Crippen LogP contribution in [0.25, 0.3) is 0 Å². The molecular weight excluding hydrogens is 324 g/mol. The van der Waals surface area contributed by atoms with Crippen molar-refractivity contribution < 1.29 is 13.9 Å². The average molecular weight is 346 g/mol. The smallest absolute Gasteiger partial charge is 0.318 e. The molecule has 9 nitrogen and oxygen atoms in total. The number of carbonyl (C=O) groups excluding carboxylic acids is 1. The molecule has 4 heterocycles. The predicted octanol–water partition coefficient (Wildman–Crippen LogP) is 0.921. The number of aryl methyl sites for hydroxylation is 2. The molecule has 25 heavy (non-hydrogen) atoms. The van der Waals surface area contributed by atoms with Crippen LogP contribution in [0.3, 0.4) is 0 Å². The Morgan fingerprint density at radius 3 is 2.88 bits per heavy atom. The van der Waals surface area contributed by atoms with Gasteiger partial charge in [0.1, 0.15) is 11.3 Å². The van der Waals surface area contributed by atoms with E-state index in [4.69, 9.17) is 9.15 Å². The second-order valence-corrected chi connectivity index (χ2v) is 6.82. The minimum absolute atomic E-state index is 0.0576. The molecule has 0 aliphatic carbocycles. The van der Waals surface area contributed by atoms with Crippen molar-refractivity contribution in [2.45, 2.75) is 32.3 Å². The molecular formula is C16H22N6O3. The van der Waals surface area contributed by atoms with Crippen LogP contribution in [0.2, 0.25) is 0 Å². The minimum atomic E-state index is -0.403. The lowest BCUT2D eigenvalue weighted by atomic mass is 9.90. The number of H-pyrrole nitrogens is 1. The zero-order chi connectivity index (χ0) is 17.4. The zero-order valence-electron chi connectivity index (χ0n) is 14.5. The van der Waals surface area contributed by atoms with Crippen molar-refractivity contribution >= 4 is 11.9 Å². The third-order valence-electron chi connectivity index (χ3n) is 4.79. The molecule has 2 fully saturated rings. The number of rotatable bonds is 2. The lowest BCUT2D eigenvalue weighted by molar-refractivity contribution is -0.105. The lowest BCUT2D eigenvalue weighted by Gasteiger charge is -2.47. The van der Waals surface area contributed by atoms with Crippen LogP contribution in [0.5, 0.6) is 0 Å². The van der Waals surface area contributed by atoms with Crippen LogP contribution in [0.15, 0.2) is 10.5 Å². The number of nitrogens with one attached hydrogen (secondary N) is 1. The molecule has 2 aromatic heterocycles. The summed E-state index contributed by atoms with van der Waals surface area (Å²) in [6.07, 6.45) is 1.85. The van der Waals surface area contributed by atoms with E-state index in [1.165, 1.54) is 0 Å². The van der Waals surface area contributed by atoms with E-state index in [-0.39, 0.29) is 5.91 Å². The Morgan fingerprint density at radius 1 is 1.28 bits per heavy atom. The molecule has 2 saturated heterocycles. The second-order valence-electron chi connectivity index (χ2n) is 6.82. The number of aromatic amines is 1. The van der Waals surface area contributed by atoms with E-state index in [1.54, 1.807) is 13.0 Å². The summed E-state index contributed by atoms with van der Waals surface area (Å²) < 4.78 is 11.7. The fourth-order valence-corrected chi connectivity index (χ4v) is 3.63. The summed E-state index contributed by atoms with van der Waals surface area (Å²) in [5, 5.41) is 14.9. The molecule has 1 amide bonds. The predicted molar refractivity (Wildman–Crippen MR) is 88.4 cm³/mol. The highest BCUT2D eigenvalue weighted by Crippen LogP contribution is 2.31. The Hall–Kier alpha value is -2.42. The van der Waals surface area contributed by atoms with Crippen LogP contribution in [-0.2, 0) is 4.74 Å². The summed E-state index contributed by atoms with van der Waals surface area (Å²) in [6.45, 7) is 6.78. The number of carbonyl (C=O) groups is 1. The largest absolute Gasteiger partial charge is 0.408 e. The van der Waals surface area contributed by atoms with Gasteiger partial charge in [0.15, 0.2) is 0 Å². The molecule has 0 radical (unpaired) electrons. The first-order valence-electron chi connectivity index (χ1n) is 8.55. The van der Waals surface area contributed by atoms with Crippen molar-refractivity contribution in [3.63, 3.8) is 0 Å². The first kappa shape index (κ1) is 16.1. The molecule has 2 aliphatic rings. The molecule has 1 atom stereocenters. The fraction of sp³-hybridized carbons (Fsp3) is 0.625. The van der Waals surface area contributed by atoms with Crippen LogP contribution >= 0.6 is 0 Å². The van der Waals surface area contributed by atoms with Gasteiger partial charge in [0.05, 0.1) is 19.7 Å². The Bertz CT molecular complexity index is 768. The van der Waals surface area contributed by atoms with Gasteiger partial charge in [-0.3, -0.25) is 9.89 Å². The lowest BCUT2D eigenvalue weighted by Crippen LogP contribution is -2.61. The SMILES string of the molecule is Cc1cc(C(=O)N2CCO[C@@]3(CCCN(c4nnc(C)o4)C3)C2)n[nH]1. The number of hydrogen-bond acceptors (Lipinski definition) is 7. The summed E-state index contributed by atoms with van der Waals surface area (Å²) in [4.78, 5) is 16.6. The van der Waals surface area contributed by atoms with Crippen molar-refractivity contribution in [3.05, 3.63) is 23.3 Å². The maximum Gasteiger partial charge on any atom is 0.318 e. The van der Waals surface area contributed by atoms with Gasteiger partial charge in [0.2, 0.25) is 5.89 Å². The standard InChI is InChI=1S/C16H22N6O3/c1-11-8-13(19-17-11)14(23)21-6-7-24-16(9-21)4-3-5-22(10-16)15-20-18-12(2)25-15/h8H,3-7,9-10H2,1-2H3,(H,17,19)/t16-/m0/s1. The normalized spacial score (nSPS) is 24.1. The van der Waals surface area contributed by atoms with Crippen LogP contribution in [0, 0.1) is 13.8 Å². The number of amides is 1. The van der Waals surface area contributed by atoms with Gasteiger partial charge in [-0.2, -0.15) is 5.10 Å². The molecule has 9 heteroatoms. The minimum Gasteiger partial charge on any atom is -0.408 e. The van der Waals surface area contributed by atoms with Crippen LogP contribution in [0.1, 0.15) is 34.9 Å². The monoisotopic (exact) mass is 346 g/mol. The van der Waals surface area contributed by atoms with E-state index < -0.39 is 5.60 Å². The Morgan fingerprint density at radius 2 is 2.16 bits per heavy atom. The van der Waals surface area contributed by atoms with E-state index >= 15 is 0 Å². The van der Waals surface area contributed by atoms with Gasteiger partial charge in [-0.1, -0.05) is 5.10 Å². The first-order chi connectivity index (χ1) is 12.0. The molecule has 134 valence electrons.